The molecule has 2 unspecified atom stereocenters. The minimum Gasteiger partial charge on any atom is -0.487 e. The normalized spacial score (nSPS) is 26.8. The SMILES string of the molecule is OC(C1CC1)C1Cc2ccccc2O1. The fourth-order valence-electron chi connectivity index (χ4n) is 2.14. The van der Waals surface area contributed by atoms with Crippen molar-refractivity contribution in [2.45, 2.75) is 31.5 Å². The average Bonchev–Trinajstić information content (AvgIpc) is 2.95. The summed E-state index contributed by atoms with van der Waals surface area (Å²) in [6, 6.07) is 8.06. The fourth-order valence-corrected chi connectivity index (χ4v) is 2.14. The molecule has 3 rings (SSSR count). The van der Waals surface area contributed by atoms with Gasteiger partial charge in [-0.1, -0.05) is 18.2 Å². The van der Waals surface area contributed by atoms with Gasteiger partial charge in [-0.25, -0.2) is 0 Å². The van der Waals surface area contributed by atoms with Gasteiger partial charge in [-0.2, -0.15) is 0 Å². The van der Waals surface area contributed by atoms with E-state index in [-0.39, 0.29) is 12.2 Å². The standard InChI is InChI=1S/C12H14O2/c13-12(8-5-6-8)11-7-9-3-1-2-4-10(9)14-11/h1-4,8,11-13H,5-7H2. The predicted octanol–water partition coefficient (Wildman–Crippen LogP) is 1.76. The molecular weight excluding hydrogens is 176 g/mol. The first-order chi connectivity index (χ1) is 6.84. The lowest BCUT2D eigenvalue weighted by Crippen LogP contribution is -2.31. The molecule has 0 bridgehead atoms. The molecule has 1 aliphatic carbocycles. The molecular formula is C12H14O2. The third-order valence-electron chi connectivity index (χ3n) is 3.16. The molecule has 1 aliphatic heterocycles. The third-order valence-corrected chi connectivity index (χ3v) is 3.16. The van der Waals surface area contributed by atoms with Crippen molar-refractivity contribution in [3.05, 3.63) is 29.8 Å². The van der Waals surface area contributed by atoms with E-state index < -0.39 is 0 Å². The second kappa shape index (κ2) is 2.99. The summed E-state index contributed by atoms with van der Waals surface area (Å²) in [6.07, 6.45) is 2.94. The van der Waals surface area contributed by atoms with Crippen LogP contribution in [-0.2, 0) is 6.42 Å². The van der Waals surface area contributed by atoms with E-state index in [4.69, 9.17) is 4.74 Å². The van der Waals surface area contributed by atoms with E-state index in [0.717, 1.165) is 25.0 Å². The Bertz CT molecular complexity index is 319. The topological polar surface area (TPSA) is 29.5 Å². The molecule has 2 heteroatoms. The van der Waals surface area contributed by atoms with Crippen LogP contribution in [0.2, 0.25) is 0 Å². The molecule has 0 amide bonds. The van der Waals surface area contributed by atoms with Gasteiger partial charge in [0.05, 0.1) is 6.10 Å². The third kappa shape index (κ3) is 1.30. The Labute approximate surface area is 83.5 Å². The van der Waals surface area contributed by atoms with Crippen molar-refractivity contribution in [2.24, 2.45) is 5.92 Å². The van der Waals surface area contributed by atoms with Gasteiger partial charge in [0.2, 0.25) is 0 Å². The summed E-state index contributed by atoms with van der Waals surface area (Å²) in [4.78, 5) is 0. The molecule has 14 heavy (non-hydrogen) atoms. The van der Waals surface area contributed by atoms with Crippen molar-refractivity contribution in [2.75, 3.05) is 0 Å². The van der Waals surface area contributed by atoms with E-state index in [9.17, 15) is 5.11 Å². The largest absolute Gasteiger partial charge is 0.487 e. The van der Waals surface area contributed by atoms with Crippen LogP contribution in [0.15, 0.2) is 24.3 Å². The molecule has 0 saturated heterocycles. The van der Waals surface area contributed by atoms with Crippen LogP contribution in [0.3, 0.4) is 0 Å². The monoisotopic (exact) mass is 190 g/mol. The summed E-state index contributed by atoms with van der Waals surface area (Å²) in [6.45, 7) is 0. The van der Waals surface area contributed by atoms with E-state index in [1.807, 2.05) is 18.2 Å². The maximum Gasteiger partial charge on any atom is 0.129 e. The van der Waals surface area contributed by atoms with Gasteiger partial charge in [-0.15, -0.1) is 0 Å². The van der Waals surface area contributed by atoms with Gasteiger partial charge in [0.15, 0.2) is 0 Å². The molecule has 1 saturated carbocycles. The number of para-hydroxylation sites is 1. The maximum atomic E-state index is 9.94. The van der Waals surface area contributed by atoms with Crippen LogP contribution in [0.1, 0.15) is 18.4 Å². The van der Waals surface area contributed by atoms with E-state index in [1.165, 1.54) is 5.56 Å². The van der Waals surface area contributed by atoms with Gasteiger partial charge < -0.3 is 9.84 Å². The highest BCUT2D eigenvalue weighted by atomic mass is 16.5. The van der Waals surface area contributed by atoms with Crippen LogP contribution >= 0.6 is 0 Å². The number of hydrogen-bond acceptors (Lipinski definition) is 2. The number of rotatable bonds is 2. The first-order valence-electron chi connectivity index (χ1n) is 5.27. The van der Waals surface area contributed by atoms with Crippen molar-refractivity contribution < 1.29 is 9.84 Å². The van der Waals surface area contributed by atoms with Crippen LogP contribution in [0.5, 0.6) is 5.75 Å². The second-order valence-corrected chi connectivity index (χ2v) is 4.30. The van der Waals surface area contributed by atoms with Gasteiger partial charge >= 0.3 is 0 Å². The Morgan fingerprint density at radius 2 is 2.07 bits per heavy atom. The minimum absolute atomic E-state index is 0.0000926. The number of aliphatic hydroxyl groups excluding tert-OH is 1. The van der Waals surface area contributed by atoms with Gasteiger partial charge in [0, 0.05) is 6.42 Å². The van der Waals surface area contributed by atoms with Crippen LogP contribution in [-0.4, -0.2) is 17.3 Å². The Morgan fingerprint density at radius 3 is 2.79 bits per heavy atom. The Morgan fingerprint density at radius 1 is 1.29 bits per heavy atom. The van der Waals surface area contributed by atoms with Crippen molar-refractivity contribution in [3.8, 4) is 5.75 Å². The highest BCUT2D eigenvalue weighted by Crippen LogP contribution is 2.38. The summed E-state index contributed by atoms with van der Waals surface area (Å²) in [5, 5.41) is 9.94. The van der Waals surface area contributed by atoms with Crippen LogP contribution < -0.4 is 4.74 Å². The van der Waals surface area contributed by atoms with Crippen molar-refractivity contribution in [1.29, 1.82) is 0 Å². The quantitative estimate of drug-likeness (QED) is 0.770. The molecule has 2 atom stereocenters. The maximum absolute atomic E-state index is 9.94. The highest BCUT2D eigenvalue weighted by Gasteiger charge is 2.39. The lowest BCUT2D eigenvalue weighted by atomic mass is 10.0. The molecule has 1 heterocycles. The highest BCUT2D eigenvalue weighted by molar-refractivity contribution is 5.37. The smallest absolute Gasteiger partial charge is 0.129 e. The first kappa shape index (κ1) is 8.30. The summed E-state index contributed by atoms with van der Waals surface area (Å²) < 4.78 is 5.72. The van der Waals surface area contributed by atoms with Crippen LogP contribution in [0.25, 0.3) is 0 Å². The Hall–Kier alpha value is -1.02. The van der Waals surface area contributed by atoms with E-state index in [0.29, 0.717) is 5.92 Å². The average molecular weight is 190 g/mol. The summed E-state index contributed by atoms with van der Waals surface area (Å²) >= 11 is 0. The second-order valence-electron chi connectivity index (χ2n) is 4.30. The van der Waals surface area contributed by atoms with E-state index >= 15 is 0 Å². The van der Waals surface area contributed by atoms with Gasteiger partial charge in [-0.3, -0.25) is 0 Å². The van der Waals surface area contributed by atoms with Crippen LogP contribution in [0.4, 0.5) is 0 Å². The number of aliphatic hydroxyl groups is 1. The molecule has 1 fully saturated rings. The molecule has 0 spiro atoms. The summed E-state index contributed by atoms with van der Waals surface area (Å²) in [7, 11) is 0. The zero-order chi connectivity index (χ0) is 9.54. The molecule has 74 valence electrons. The number of fused-ring (bicyclic) bond motifs is 1. The van der Waals surface area contributed by atoms with Crippen molar-refractivity contribution >= 4 is 0 Å². The molecule has 2 nitrogen and oxygen atoms in total. The Kier molecular flexibility index (Phi) is 1.77. The van der Waals surface area contributed by atoms with Crippen LogP contribution in [0, 0.1) is 5.92 Å². The zero-order valence-corrected chi connectivity index (χ0v) is 8.02. The molecule has 1 N–H and O–H groups in total. The van der Waals surface area contributed by atoms with Gasteiger partial charge in [-0.05, 0) is 30.4 Å². The lowest BCUT2D eigenvalue weighted by Gasteiger charge is -2.17. The number of ether oxygens (including phenoxy) is 1. The van der Waals surface area contributed by atoms with Gasteiger partial charge in [0.25, 0.3) is 0 Å². The van der Waals surface area contributed by atoms with Crippen molar-refractivity contribution in [1.82, 2.24) is 0 Å². The molecule has 1 aromatic rings. The van der Waals surface area contributed by atoms with Crippen molar-refractivity contribution in [3.63, 3.8) is 0 Å². The first-order valence-corrected chi connectivity index (χ1v) is 5.27. The molecule has 2 aliphatic rings. The predicted molar refractivity (Wildman–Crippen MR) is 53.3 cm³/mol. The molecule has 0 radical (unpaired) electrons. The number of benzene rings is 1. The molecule has 0 aromatic heterocycles. The van der Waals surface area contributed by atoms with E-state index in [1.54, 1.807) is 0 Å². The van der Waals surface area contributed by atoms with Gasteiger partial charge in [0.1, 0.15) is 11.9 Å². The summed E-state index contributed by atoms with van der Waals surface area (Å²) in [5.74, 6) is 1.45. The van der Waals surface area contributed by atoms with E-state index in [2.05, 4.69) is 6.07 Å². The minimum atomic E-state index is -0.262. The Balaban J connectivity index is 1.77. The number of hydrogen-bond donors (Lipinski definition) is 1. The fraction of sp³-hybridized carbons (Fsp3) is 0.500. The summed E-state index contributed by atoms with van der Waals surface area (Å²) in [5.41, 5.74) is 1.23. The lowest BCUT2D eigenvalue weighted by molar-refractivity contribution is 0.0346. The molecule has 1 aromatic carbocycles. The zero-order valence-electron chi connectivity index (χ0n) is 8.02.